The first-order valence-corrected chi connectivity index (χ1v) is 8.90. The smallest absolute Gasteiger partial charge is 0.287 e. The normalized spacial score (nSPS) is 20.6. The third kappa shape index (κ3) is 4.39. The van der Waals surface area contributed by atoms with E-state index in [1.54, 1.807) is 12.1 Å². The Morgan fingerprint density at radius 3 is 2.88 bits per heavy atom. The molecule has 6 heteroatoms. The lowest BCUT2D eigenvalue weighted by Gasteiger charge is -2.29. The van der Waals surface area contributed by atoms with Gasteiger partial charge in [0.05, 0.1) is 0 Å². The average molecular weight is 393 g/mol. The Morgan fingerprint density at radius 2 is 2.12 bits per heavy atom. The van der Waals surface area contributed by atoms with E-state index in [2.05, 4.69) is 33.5 Å². The van der Waals surface area contributed by atoms with Crippen LogP contribution in [0, 0.1) is 5.92 Å². The average Bonchev–Trinajstić information content (AvgIpc) is 3.06. The second-order valence-electron chi connectivity index (χ2n) is 6.06. The number of hydrogen-bond acceptors (Lipinski definition) is 4. The molecule has 1 fully saturated rings. The molecule has 24 heavy (non-hydrogen) atoms. The zero-order valence-corrected chi connectivity index (χ0v) is 15.1. The van der Waals surface area contributed by atoms with Gasteiger partial charge in [-0.05, 0) is 55.3 Å². The highest BCUT2D eigenvalue weighted by molar-refractivity contribution is 9.10. The molecule has 1 aliphatic rings. The van der Waals surface area contributed by atoms with E-state index in [4.69, 9.17) is 9.15 Å². The molecule has 3 rings (SSSR count). The lowest BCUT2D eigenvalue weighted by molar-refractivity contribution is 0.0883. The summed E-state index contributed by atoms with van der Waals surface area (Å²) in [5.74, 6) is 1.98. The van der Waals surface area contributed by atoms with Gasteiger partial charge in [-0.25, -0.2) is 0 Å². The van der Waals surface area contributed by atoms with Crippen LogP contribution in [0.1, 0.15) is 29.7 Å². The van der Waals surface area contributed by atoms with Gasteiger partial charge in [0.25, 0.3) is 5.91 Å². The van der Waals surface area contributed by atoms with E-state index in [1.165, 1.54) is 0 Å². The zero-order chi connectivity index (χ0) is 16.9. The first-order chi connectivity index (χ1) is 11.6. The minimum absolute atomic E-state index is 0.138. The van der Waals surface area contributed by atoms with Gasteiger partial charge in [0.1, 0.15) is 18.1 Å². The van der Waals surface area contributed by atoms with Crippen molar-refractivity contribution in [2.24, 2.45) is 5.92 Å². The molecule has 128 valence electrons. The van der Waals surface area contributed by atoms with E-state index in [-0.39, 0.29) is 18.6 Å². The molecule has 2 aromatic rings. The number of amides is 1. The Kier molecular flexibility index (Phi) is 5.58. The Hall–Kier alpha value is -1.79. The lowest BCUT2D eigenvalue weighted by atomic mass is 9.95. The third-order valence-electron chi connectivity index (χ3n) is 4.22. The molecular weight excluding hydrogens is 372 g/mol. The number of benzene rings is 1. The van der Waals surface area contributed by atoms with Gasteiger partial charge in [0.15, 0.2) is 5.76 Å². The minimum Gasteiger partial charge on any atom is -0.486 e. The minimum atomic E-state index is -0.176. The van der Waals surface area contributed by atoms with Gasteiger partial charge in [-0.3, -0.25) is 4.79 Å². The van der Waals surface area contributed by atoms with Crippen LogP contribution in [0.2, 0.25) is 0 Å². The van der Waals surface area contributed by atoms with Crippen LogP contribution in [0.15, 0.2) is 45.3 Å². The topological polar surface area (TPSA) is 63.5 Å². The molecule has 0 aliphatic carbocycles. The molecule has 1 aromatic carbocycles. The fraction of sp³-hybridized carbons (Fsp3) is 0.389. The summed E-state index contributed by atoms with van der Waals surface area (Å²) in [5, 5.41) is 6.34. The van der Waals surface area contributed by atoms with E-state index in [1.807, 2.05) is 24.3 Å². The standard InChI is InChI=1S/C18H21BrN2O3/c1-12-8-9-20-10-16(12)21-18(22)17-7-6-15(24-17)11-23-14-4-2-13(19)3-5-14/h2-7,12,16,20H,8-11H2,1H3,(H,21,22). The SMILES string of the molecule is CC1CCNCC1NC(=O)c1ccc(COc2ccc(Br)cc2)o1. The highest BCUT2D eigenvalue weighted by Gasteiger charge is 2.24. The molecule has 0 bridgehead atoms. The van der Waals surface area contributed by atoms with Crippen molar-refractivity contribution in [2.45, 2.75) is 26.0 Å². The Labute approximate surface area is 149 Å². The molecule has 1 aromatic heterocycles. The van der Waals surface area contributed by atoms with Crippen molar-refractivity contribution in [2.75, 3.05) is 13.1 Å². The Morgan fingerprint density at radius 1 is 1.33 bits per heavy atom. The van der Waals surface area contributed by atoms with Gasteiger partial charge >= 0.3 is 0 Å². The quantitative estimate of drug-likeness (QED) is 0.818. The number of hydrogen-bond donors (Lipinski definition) is 2. The molecule has 1 aliphatic heterocycles. The molecule has 2 unspecified atom stereocenters. The highest BCUT2D eigenvalue weighted by Crippen LogP contribution is 2.18. The Balaban J connectivity index is 1.54. The summed E-state index contributed by atoms with van der Waals surface area (Å²) >= 11 is 3.38. The van der Waals surface area contributed by atoms with Crippen LogP contribution in [-0.4, -0.2) is 25.0 Å². The molecular formula is C18H21BrN2O3. The van der Waals surface area contributed by atoms with E-state index in [0.717, 1.165) is 29.7 Å². The number of carbonyl (C=O) groups is 1. The maximum Gasteiger partial charge on any atom is 0.287 e. The number of nitrogens with one attached hydrogen (secondary N) is 2. The van der Waals surface area contributed by atoms with Crippen LogP contribution in [0.5, 0.6) is 5.75 Å². The van der Waals surface area contributed by atoms with Gasteiger partial charge in [-0.1, -0.05) is 22.9 Å². The lowest BCUT2D eigenvalue weighted by Crippen LogP contribution is -2.50. The van der Waals surface area contributed by atoms with Crippen molar-refractivity contribution < 1.29 is 13.9 Å². The number of ether oxygens (including phenoxy) is 1. The van der Waals surface area contributed by atoms with E-state index >= 15 is 0 Å². The van der Waals surface area contributed by atoms with Crippen molar-refractivity contribution in [3.63, 3.8) is 0 Å². The number of piperidine rings is 1. The fourth-order valence-corrected chi connectivity index (χ4v) is 2.95. The molecule has 2 heterocycles. The third-order valence-corrected chi connectivity index (χ3v) is 4.75. The maximum absolute atomic E-state index is 12.3. The van der Waals surface area contributed by atoms with Crippen molar-refractivity contribution in [1.82, 2.24) is 10.6 Å². The van der Waals surface area contributed by atoms with Gasteiger partial charge in [-0.15, -0.1) is 0 Å². The van der Waals surface area contributed by atoms with Crippen LogP contribution < -0.4 is 15.4 Å². The molecule has 5 nitrogen and oxygen atoms in total. The first-order valence-electron chi connectivity index (χ1n) is 8.10. The summed E-state index contributed by atoms with van der Waals surface area (Å²) in [7, 11) is 0. The second kappa shape index (κ2) is 7.85. The van der Waals surface area contributed by atoms with Crippen LogP contribution in [0.25, 0.3) is 0 Å². The number of carbonyl (C=O) groups excluding carboxylic acids is 1. The zero-order valence-electron chi connectivity index (χ0n) is 13.5. The predicted molar refractivity (Wildman–Crippen MR) is 95.1 cm³/mol. The van der Waals surface area contributed by atoms with Crippen molar-refractivity contribution in [1.29, 1.82) is 0 Å². The van der Waals surface area contributed by atoms with E-state index in [9.17, 15) is 4.79 Å². The summed E-state index contributed by atoms with van der Waals surface area (Å²) in [6, 6.07) is 11.2. The monoisotopic (exact) mass is 392 g/mol. The fourth-order valence-electron chi connectivity index (χ4n) is 2.69. The van der Waals surface area contributed by atoms with E-state index in [0.29, 0.717) is 17.4 Å². The van der Waals surface area contributed by atoms with Crippen LogP contribution in [0.4, 0.5) is 0 Å². The molecule has 0 radical (unpaired) electrons. The van der Waals surface area contributed by atoms with Crippen LogP contribution in [-0.2, 0) is 6.61 Å². The summed E-state index contributed by atoms with van der Waals surface area (Å²) in [6.07, 6.45) is 1.06. The van der Waals surface area contributed by atoms with Crippen LogP contribution >= 0.6 is 15.9 Å². The second-order valence-corrected chi connectivity index (χ2v) is 6.97. The van der Waals surface area contributed by atoms with Gasteiger partial charge in [-0.2, -0.15) is 0 Å². The van der Waals surface area contributed by atoms with Gasteiger partial charge < -0.3 is 19.8 Å². The van der Waals surface area contributed by atoms with Crippen molar-refractivity contribution in [3.8, 4) is 5.75 Å². The number of rotatable bonds is 5. The molecule has 0 saturated carbocycles. The summed E-state index contributed by atoms with van der Waals surface area (Å²) in [6.45, 7) is 4.25. The van der Waals surface area contributed by atoms with Crippen molar-refractivity contribution >= 4 is 21.8 Å². The summed E-state index contributed by atoms with van der Waals surface area (Å²) in [4.78, 5) is 12.3. The van der Waals surface area contributed by atoms with Crippen LogP contribution in [0.3, 0.4) is 0 Å². The maximum atomic E-state index is 12.3. The predicted octanol–water partition coefficient (Wildman–Crippen LogP) is 3.35. The molecule has 2 N–H and O–H groups in total. The summed E-state index contributed by atoms with van der Waals surface area (Å²) < 4.78 is 12.3. The number of furan rings is 1. The molecule has 2 atom stereocenters. The molecule has 1 amide bonds. The van der Waals surface area contributed by atoms with E-state index < -0.39 is 0 Å². The first kappa shape index (κ1) is 17.0. The van der Waals surface area contributed by atoms with Gasteiger partial charge in [0.2, 0.25) is 0 Å². The van der Waals surface area contributed by atoms with Crippen molar-refractivity contribution in [3.05, 3.63) is 52.4 Å². The number of halogens is 1. The largest absolute Gasteiger partial charge is 0.486 e. The Bertz CT molecular complexity index is 684. The summed E-state index contributed by atoms with van der Waals surface area (Å²) in [5.41, 5.74) is 0. The molecule has 0 spiro atoms. The highest BCUT2D eigenvalue weighted by atomic mass is 79.9. The van der Waals surface area contributed by atoms with Gasteiger partial charge in [0, 0.05) is 17.1 Å². The molecule has 1 saturated heterocycles.